The van der Waals surface area contributed by atoms with Gasteiger partial charge in [-0.3, -0.25) is 9.59 Å². The maximum absolute atomic E-state index is 13.3. The van der Waals surface area contributed by atoms with E-state index in [4.69, 9.17) is 4.74 Å². The number of halogens is 1. The Morgan fingerprint density at radius 2 is 1.65 bits per heavy atom. The highest BCUT2D eigenvalue weighted by atomic mass is 79.9. The van der Waals surface area contributed by atoms with Crippen molar-refractivity contribution in [2.75, 3.05) is 32.8 Å². The normalized spacial score (nSPS) is 25.0. The third-order valence-electron chi connectivity index (χ3n) is 6.10. The van der Waals surface area contributed by atoms with Crippen molar-refractivity contribution in [2.24, 2.45) is 0 Å². The second-order valence-corrected chi connectivity index (χ2v) is 8.48. The summed E-state index contributed by atoms with van der Waals surface area (Å²) in [6.45, 7) is 3.15. The Morgan fingerprint density at radius 1 is 1.00 bits per heavy atom. The molecule has 1 aliphatic carbocycles. The summed E-state index contributed by atoms with van der Waals surface area (Å²) in [6.07, 6.45) is 4.46. The van der Waals surface area contributed by atoms with Crippen molar-refractivity contribution in [1.29, 1.82) is 0 Å². The zero-order valence-corrected chi connectivity index (χ0v) is 16.5. The minimum absolute atomic E-state index is 0.0980. The van der Waals surface area contributed by atoms with Gasteiger partial charge in [0.25, 0.3) is 5.91 Å². The van der Waals surface area contributed by atoms with Gasteiger partial charge in [-0.2, -0.15) is 0 Å². The summed E-state index contributed by atoms with van der Waals surface area (Å²) in [5, 5.41) is 0. The molecule has 3 fully saturated rings. The molecule has 5 nitrogen and oxygen atoms in total. The predicted octanol–water partition coefficient (Wildman–Crippen LogP) is 2.72. The fourth-order valence-electron chi connectivity index (χ4n) is 4.33. The first kappa shape index (κ1) is 18.0. The number of hydrogen-bond donors (Lipinski definition) is 0. The van der Waals surface area contributed by atoms with E-state index in [9.17, 15) is 9.59 Å². The lowest BCUT2D eigenvalue weighted by Crippen LogP contribution is -2.58. The van der Waals surface area contributed by atoms with Crippen molar-refractivity contribution in [3.05, 3.63) is 34.3 Å². The molecule has 140 valence electrons. The highest BCUT2D eigenvalue weighted by Crippen LogP contribution is 2.45. The maximum atomic E-state index is 13.3. The third kappa shape index (κ3) is 3.18. The van der Waals surface area contributed by atoms with Gasteiger partial charge in [0.15, 0.2) is 0 Å². The topological polar surface area (TPSA) is 49.9 Å². The van der Waals surface area contributed by atoms with Crippen LogP contribution in [0, 0.1) is 0 Å². The van der Waals surface area contributed by atoms with Crippen molar-refractivity contribution in [3.8, 4) is 0 Å². The number of nitrogens with zero attached hydrogens (tertiary/aromatic N) is 2. The first-order valence-corrected chi connectivity index (χ1v) is 10.4. The standard InChI is InChI=1S/C20H25BrN2O3/c21-16-6-4-15(5-7-16)20(8-2-9-20)19(25)23-12-10-22(11-13-23)18(24)17-3-1-14-26-17/h4-7,17H,1-3,8-14H2. The van der Waals surface area contributed by atoms with Crippen LogP contribution in [0.15, 0.2) is 28.7 Å². The molecule has 1 unspecified atom stereocenters. The van der Waals surface area contributed by atoms with Crippen molar-refractivity contribution in [1.82, 2.24) is 9.80 Å². The predicted molar refractivity (Wildman–Crippen MR) is 102 cm³/mol. The van der Waals surface area contributed by atoms with Gasteiger partial charge < -0.3 is 14.5 Å². The van der Waals surface area contributed by atoms with Gasteiger partial charge in [-0.25, -0.2) is 0 Å². The van der Waals surface area contributed by atoms with Gasteiger partial charge in [0.05, 0.1) is 5.41 Å². The minimum atomic E-state index is -0.360. The molecule has 2 saturated heterocycles. The molecule has 2 amide bonds. The summed E-state index contributed by atoms with van der Waals surface area (Å²) in [6, 6.07) is 8.17. The van der Waals surface area contributed by atoms with Crippen molar-refractivity contribution in [3.63, 3.8) is 0 Å². The lowest BCUT2D eigenvalue weighted by atomic mass is 9.63. The van der Waals surface area contributed by atoms with Crippen molar-refractivity contribution < 1.29 is 14.3 Å². The largest absolute Gasteiger partial charge is 0.368 e. The molecule has 3 aliphatic rings. The monoisotopic (exact) mass is 420 g/mol. The van der Waals surface area contributed by atoms with Crippen molar-refractivity contribution >= 4 is 27.7 Å². The highest BCUT2D eigenvalue weighted by molar-refractivity contribution is 9.10. The van der Waals surface area contributed by atoms with Gasteiger partial charge in [0.2, 0.25) is 5.91 Å². The van der Waals surface area contributed by atoms with Gasteiger partial charge in [-0.15, -0.1) is 0 Å². The van der Waals surface area contributed by atoms with Crippen LogP contribution in [0.3, 0.4) is 0 Å². The zero-order valence-electron chi connectivity index (χ0n) is 15.0. The van der Waals surface area contributed by atoms with Gasteiger partial charge >= 0.3 is 0 Å². The molecule has 1 saturated carbocycles. The molecule has 2 aliphatic heterocycles. The number of amides is 2. The van der Waals surface area contributed by atoms with E-state index < -0.39 is 0 Å². The Labute approximate surface area is 162 Å². The Bertz CT molecular complexity index is 673. The molecule has 0 aromatic heterocycles. The Hall–Kier alpha value is -1.40. The van der Waals surface area contributed by atoms with Crippen LogP contribution in [-0.4, -0.2) is 60.5 Å². The lowest BCUT2D eigenvalue weighted by Gasteiger charge is -2.46. The number of carbonyl (C=O) groups is 2. The molecule has 1 atom stereocenters. The second kappa shape index (κ2) is 7.31. The van der Waals surface area contributed by atoms with E-state index in [1.807, 2.05) is 21.9 Å². The minimum Gasteiger partial charge on any atom is -0.368 e. The second-order valence-electron chi connectivity index (χ2n) is 7.56. The van der Waals surface area contributed by atoms with Crippen LogP contribution in [0.5, 0.6) is 0 Å². The van der Waals surface area contributed by atoms with Gasteiger partial charge in [-0.05, 0) is 43.4 Å². The number of hydrogen-bond acceptors (Lipinski definition) is 3. The van der Waals surface area contributed by atoms with E-state index in [1.165, 1.54) is 0 Å². The van der Waals surface area contributed by atoms with Crippen LogP contribution in [0.2, 0.25) is 0 Å². The smallest absolute Gasteiger partial charge is 0.251 e. The van der Waals surface area contributed by atoms with Crippen LogP contribution in [0.25, 0.3) is 0 Å². The Morgan fingerprint density at radius 3 is 2.19 bits per heavy atom. The van der Waals surface area contributed by atoms with E-state index in [1.54, 1.807) is 0 Å². The molecule has 0 spiro atoms. The summed E-state index contributed by atoms with van der Waals surface area (Å²) in [5.74, 6) is 0.330. The zero-order chi connectivity index (χ0) is 18.1. The molecule has 1 aromatic carbocycles. The van der Waals surface area contributed by atoms with E-state index in [2.05, 4.69) is 28.1 Å². The summed E-state index contributed by atoms with van der Waals surface area (Å²) in [7, 11) is 0. The van der Waals surface area contributed by atoms with Crippen LogP contribution in [0.4, 0.5) is 0 Å². The molecule has 1 aromatic rings. The van der Waals surface area contributed by atoms with E-state index in [0.717, 1.165) is 42.1 Å². The van der Waals surface area contributed by atoms with Crippen molar-refractivity contribution in [2.45, 2.75) is 43.6 Å². The summed E-state index contributed by atoms with van der Waals surface area (Å²) in [5.41, 5.74) is 0.761. The Balaban J connectivity index is 1.41. The fourth-order valence-corrected chi connectivity index (χ4v) is 4.60. The van der Waals surface area contributed by atoms with Gasteiger partial charge in [0.1, 0.15) is 6.10 Å². The van der Waals surface area contributed by atoms with E-state index in [0.29, 0.717) is 32.8 Å². The number of rotatable bonds is 3. The average molecular weight is 421 g/mol. The van der Waals surface area contributed by atoms with Gasteiger partial charge in [-0.1, -0.05) is 34.5 Å². The summed E-state index contributed by atoms with van der Waals surface area (Å²) in [4.78, 5) is 29.6. The van der Waals surface area contributed by atoms with E-state index in [-0.39, 0.29) is 23.3 Å². The van der Waals surface area contributed by atoms with Crippen LogP contribution >= 0.6 is 15.9 Å². The molecule has 2 heterocycles. The first-order valence-electron chi connectivity index (χ1n) is 9.56. The van der Waals surface area contributed by atoms with Crippen LogP contribution in [0.1, 0.15) is 37.7 Å². The summed E-state index contributed by atoms with van der Waals surface area (Å²) < 4.78 is 6.55. The summed E-state index contributed by atoms with van der Waals surface area (Å²) >= 11 is 3.47. The molecule has 0 N–H and O–H groups in total. The highest BCUT2D eigenvalue weighted by Gasteiger charge is 2.48. The molecular weight excluding hydrogens is 396 g/mol. The molecule has 26 heavy (non-hydrogen) atoms. The molecule has 4 rings (SSSR count). The number of benzene rings is 1. The molecule has 0 bridgehead atoms. The first-order chi connectivity index (χ1) is 12.6. The fraction of sp³-hybridized carbons (Fsp3) is 0.600. The van der Waals surface area contributed by atoms with Crippen LogP contribution < -0.4 is 0 Å². The molecular formula is C20H25BrN2O3. The number of piperazine rings is 1. The van der Waals surface area contributed by atoms with Crippen LogP contribution in [-0.2, 0) is 19.7 Å². The van der Waals surface area contributed by atoms with E-state index >= 15 is 0 Å². The third-order valence-corrected chi connectivity index (χ3v) is 6.63. The quantitative estimate of drug-likeness (QED) is 0.754. The average Bonchev–Trinajstić information content (AvgIpc) is 3.16. The molecule has 0 radical (unpaired) electrons. The SMILES string of the molecule is O=C(C1CCCO1)N1CCN(C(=O)C2(c3ccc(Br)cc3)CCC2)CC1. The maximum Gasteiger partial charge on any atom is 0.251 e. The number of carbonyl (C=O) groups excluding carboxylic acids is 2. The molecule has 6 heteroatoms. The number of ether oxygens (including phenoxy) is 1. The lowest BCUT2D eigenvalue weighted by molar-refractivity contribution is -0.149. The van der Waals surface area contributed by atoms with Gasteiger partial charge in [0, 0.05) is 37.3 Å². The Kier molecular flexibility index (Phi) is 5.06.